The summed E-state index contributed by atoms with van der Waals surface area (Å²) in [6, 6.07) is 1.51. The van der Waals surface area contributed by atoms with E-state index in [-0.39, 0.29) is 0 Å². The molecule has 0 bridgehead atoms. The highest BCUT2D eigenvalue weighted by Gasteiger charge is 2.08. The van der Waals surface area contributed by atoms with Gasteiger partial charge in [0, 0.05) is 13.0 Å². The van der Waals surface area contributed by atoms with Gasteiger partial charge in [0.25, 0.3) is 0 Å². The summed E-state index contributed by atoms with van der Waals surface area (Å²) < 4.78 is 5.62. The van der Waals surface area contributed by atoms with Crippen LogP contribution in [0.3, 0.4) is 0 Å². The average Bonchev–Trinajstić information content (AvgIpc) is 2.09. The van der Waals surface area contributed by atoms with E-state index in [4.69, 9.17) is 27.9 Å². The fraction of sp³-hybridized carbons (Fsp3) is 0.167. The zero-order chi connectivity index (χ0) is 8.43. The van der Waals surface area contributed by atoms with Crippen molar-refractivity contribution in [3.8, 4) is 5.75 Å². The van der Waals surface area contributed by atoms with Crippen LogP contribution >= 0.6 is 34.5 Å². The van der Waals surface area contributed by atoms with Gasteiger partial charge in [0.1, 0.15) is 4.34 Å². The third-order valence-corrected chi connectivity index (χ3v) is 2.33. The summed E-state index contributed by atoms with van der Waals surface area (Å²) in [5, 5.41) is 0. The third kappa shape index (κ3) is 2.36. The molecule has 0 saturated heterocycles. The molecular weight excluding hydrogens is 207 g/mol. The van der Waals surface area contributed by atoms with Crippen molar-refractivity contribution in [1.82, 2.24) is 0 Å². The molecule has 0 amide bonds. The molecule has 0 saturated carbocycles. The smallest absolute Gasteiger partial charge is 0.308 e. The lowest BCUT2D eigenvalue weighted by Gasteiger charge is -1.95. The predicted octanol–water partition coefficient (Wildman–Crippen LogP) is 2.98. The van der Waals surface area contributed by atoms with Crippen molar-refractivity contribution in [2.45, 2.75) is 6.92 Å². The zero-order valence-corrected chi connectivity index (χ0v) is 7.89. The molecule has 0 unspecified atom stereocenters. The van der Waals surface area contributed by atoms with Gasteiger partial charge in [-0.3, -0.25) is 4.79 Å². The van der Waals surface area contributed by atoms with Gasteiger partial charge in [-0.1, -0.05) is 23.2 Å². The Morgan fingerprint density at radius 3 is 2.64 bits per heavy atom. The van der Waals surface area contributed by atoms with Gasteiger partial charge in [0.15, 0.2) is 5.75 Å². The lowest BCUT2D eigenvalue weighted by molar-refractivity contribution is -0.131. The van der Waals surface area contributed by atoms with Crippen molar-refractivity contribution in [3.63, 3.8) is 0 Å². The first-order chi connectivity index (χ1) is 5.09. The maximum Gasteiger partial charge on any atom is 0.308 e. The van der Waals surface area contributed by atoms with Crippen LogP contribution in [0.15, 0.2) is 6.07 Å². The molecule has 0 aliphatic carbocycles. The minimum absolute atomic E-state index is 0.328. The second kappa shape index (κ2) is 3.43. The molecular formula is C6H4Cl2O2S. The number of thiophene rings is 1. The molecule has 1 heterocycles. The fourth-order valence-electron chi connectivity index (χ4n) is 0.550. The summed E-state index contributed by atoms with van der Waals surface area (Å²) in [4.78, 5) is 10.5. The minimum Gasteiger partial charge on any atom is -0.424 e. The molecule has 0 aliphatic heterocycles. The SMILES string of the molecule is CC(=O)Oc1cc(Cl)sc1Cl. The normalized spacial score (nSPS) is 9.73. The van der Waals surface area contributed by atoms with E-state index in [1.165, 1.54) is 13.0 Å². The van der Waals surface area contributed by atoms with Crippen LogP contribution in [0.1, 0.15) is 6.92 Å². The quantitative estimate of drug-likeness (QED) is 0.667. The molecule has 5 heteroatoms. The number of carbonyl (C=O) groups excluding carboxylic acids is 1. The summed E-state index contributed by atoms with van der Waals surface area (Å²) in [5.41, 5.74) is 0. The molecule has 1 rings (SSSR count). The van der Waals surface area contributed by atoms with Gasteiger partial charge < -0.3 is 4.74 Å². The molecule has 0 spiro atoms. The highest BCUT2D eigenvalue weighted by atomic mass is 35.5. The molecule has 1 aromatic rings. The molecule has 0 N–H and O–H groups in total. The Morgan fingerprint density at radius 1 is 1.64 bits per heavy atom. The van der Waals surface area contributed by atoms with Crippen molar-refractivity contribution in [1.29, 1.82) is 0 Å². The van der Waals surface area contributed by atoms with E-state index in [9.17, 15) is 4.79 Å². The Hall–Kier alpha value is -0.250. The minimum atomic E-state index is -0.402. The van der Waals surface area contributed by atoms with Crippen LogP contribution in [-0.4, -0.2) is 5.97 Å². The first-order valence-electron chi connectivity index (χ1n) is 2.73. The molecule has 60 valence electrons. The van der Waals surface area contributed by atoms with Gasteiger partial charge in [0.2, 0.25) is 0 Å². The number of hydrogen-bond donors (Lipinski definition) is 0. The van der Waals surface area contributed by atoms with Crippen LogP contribution in [0.5, 0.6) is 5.75 Å². The second-order valence-corrected chi connectivity index (χ2v) is 4.07. The molecule has 0 aromatic carbocycles. The van der Waals surface area contributed by atoms with Crippen LogP contribution in [0.25, 0.3) is 0 Å². The number of halogens is 2. The lowest BCUT2D eigenvalue weighted by atomic mass is 10.6. The first kappa shape index (κ1) is 8.84. The summed E-state index contributed by atoms with van der Waals surface area (Å²) in [7, 11) is 0. The van der Waals surface area contributed by atoms with Gasteiger partial charge >= 0.3 is 5.97 Å². The van der Waals surface area contributed by atoms with Crippen molar-refractivity contribution >= 4 is 40.5 Å². The van der Waals surface area contributed by atoms with Crippen LogP contribution in [0.2, 0.25) is 8.67 Å². The molecule has 0 radical (unpaired) electrons. The van der Waals surface area contributed by atoms with Crippen LogP contribution in [0, 0.1) is 0 Å². The van der Waals surface area contributed by atoms with Crippen LogP contribution < -0.4 is 4.74 Å². The highest BCUT2D eigenvalue weighted by Crippen LogP contribution is 2.36. The maximum atomic E-state index is 10.5. The number of esters is 1. The van der Waals surface area contributed by atoms with Crippen molar-refractivity contribution in [2.75, 3.05) is 0 Å². The fourth-order valence-corrected chi connectivity index (χ4v) is 1.88. The summed E-state index contributed by atoms with van der Waals surface area (Å²) in [5.74, 6) is -0.0736. The Kier molecular flexibility index (Phi) is 2.76. The van der Waals surface area contributed by atoms with Gasteiger partial charge in [-0.05, 0) is 0 Å². The average molecular weight is 211 g/mol. The highest BCUT2D eigenvalue weighted by molar-refractivity contribution is 7.20. The standard InChI is InChI=1S/C6H4Cl2O2S/c1-3(9)10-4-2-5(7)11-6(4)8/h2H,1H3. The van der Waals surface area contributed by atoms with E-state index in [1.54, 1.807) is 0 Å². The Morgan fingerprint density at radius 2 is 2.27 bits per heavy atom. The molecule has 0 fully saturated rings. The van der Waals surface area contributed by atoms with Gasteiger partial charge in [-0.15, -0.1) is 11.3 Å². The second-order valence-electron chi connectivity index (χ2n) is 1.78. The third-order valence-electron chi connectivity index (χ3n) is 0.879. The summed E-state index contributed by atoms with van der Waals surface area (Å²) in [6.45, 7) is 1.31. The zero-order valence-electron chi connectivity index (χ0n) is 5.56. The molecule has 2 nitrogen and oxygen atoms in total. The Balaban J connectivity index is 2.85. The number of ether oxygens (including phenoxy) is 1. The van der Waals surface area contributed by atoms with Gasteiger partial charge in [-0.2, -0.15) is 0 Å². The van der Waals surface area contributed by atoms with E-state index in [2.05, 4.69) is 0 Å². The summed E-state index contributed by atoms with van der Waals surface area (Å²) in [6.07, 6.45) is 0. The van der Waals surface area contributed by atoms with Gasteiger partial charge in [-0.25, -0.2) is 0 Å². The monoisotopic (exact) mass is 210 g/mol. The number of carbonyl (C=O) groups is 1. The molecule has 0 aliphatic rings. The van der Waals surface area contributed by atoms with Crippen molar-refractivity contribution < 1.29 is 9.53 Å². The van der Waals surface area contributed by atoms with E-state index in [0.29, 0.717) is 14.4 Å². The van der Waals surface area contributed by atoms with Crippen molar-refractivity contribution in [3.05, 3.63) is 14.7 Å². The Labute approximate surface area is 77.7 Å². The molecule has 0 atom stereocenters. The number of hydrogen-bond acceptors (Lipinski definition) is 3. The molecule has 1 aromatic heterocycles. The van der Waals surface area contributed by atoms with Crippen LogP contribution in [-0.2, 0) is 4.79 Å². The van der Waals surface area contributed by atoms with Crippen LogP contribution in [0.4, 0.5) is 0 Å². The Bertz CT molecular complexity index is 282. The maximum absolute atomic E-state index is 10.5. The topological polar surface area (TPSA) is 26.3 Å². The summed E-state index contributed by atoms with van der Waals surface area (Å²) >= 11 is 12.4. The largest absolute Gasteiger partial charge is 0.424 e. The molecule has 11 heavy (non-hydrogen) atoms. The lowest BCUT2D eigenvalue weighted by Crippen LogP contribution is -2.00. The number of rotatable bonds is 1. The van der Waals surface area contributed by atoms with Gasteiger partial charge in [0.05, 0.1) is 4.34 Å². The van der Waals surface area contributed by atoms with E-state index in [1.807, 2.05) is 0 Å². The van der Waals surface area contributed by atoms with E-state index >= 15 is 0 Å². The van der Waals surface area contributed by atoms with Crippen molar-refractivity contribution in [2.24, 2.45) is 0 Å². The first-order valence-corrected chi connectivity index (χ1v) is 4.30. The predicted molar refractivity (Wildman–Crippen MR) is 45.6 cm³/mol. The van der Waals surface area contributed by atoms with E-state index < -0.39 is 5.97 Å². The van der Waals surface area contributed by atoms with E-state index in [0.717, 1.165) is 11.3 Å².